The molecule has 1 aliphatic rings. The molecule has 1 unspecified atom stereocenters. The molecular weight excluding hydrogens is 435 g/mol. The van der Waals surface area contributed by atoms with Crippen LogP contribution in [0.3, 0.4) is 0 Å². The Morgan fingerprint density at radius 1 is 1.21 bits per heavy atom. The van der Waals surface area contributed by atoms with Crippen molar-refractivity contribution in [2.75, 3.05) is 37.8 Å². The molecule has 174 valence electrons. The standard InChI is InChI=1S/C23H23FN2O7/c1-13(27)12-31-19-10-16-18(11-17(19)26-6-8-30-9-7-26)32-21(14-2-4-15(24)5-3-14)20(16)22(28)33-23(25)29/h2-5,10-11,13,27H,6-9,12H2,1H3,(H2,25,29). The van der Waals surface area contributed by atoms with E-state index in [9.17, 15) is 19.1 Å². The fraction of sp³-hybridized carbons (Fsp3) is 0.304. The zero-order chi connectivity index (χ0) is 23.5. The lowest BCUT2D eigenvalue weighted by Gasteiger charge is -2.30. The van der Waals surface area contributed by atoms with Crippen molar-refractivity contribution in [3.8, 4) is 17.1 Å². The van der Waals surface area contributed by atoms with E-state index in [0.717, 1.165) is 0 Å². The number of amides is 1. The number of carbonyl (C=O) groups excluding carboxylic acids is 2. The van der Waals surface area contributed by atoms with Crippen LogP contribution in [0.4, 0.5) is 14.9 Å². The minimum absolute atomic E-state index is 0.0204. The molecule has 2 heterocycles. The van der Waals surface area contributed by atoms with Crippen LogP contribution < -0.4 is 15.4 Å². The quantitative estimate of drug-likeness (QED) is 0.427. The Labute approximate surface area is 188 Å². The number of aliphatic hydroxyl groups is 1. The zero-order valence-corrected chi connectivity index (χ0v) is 17.9. The van der Waals surface area contributed by atoms with Gasteiger partial charge in [-0.15, -0.1) is 0 Å². The number of nitrogens with two attached hydrogens (primary N) is 1. The molecule has 2 aromatic carbocycles. The molecule has 0 radical (unpaired) electrons. The molecule has 3 aromatic rings. The molecule has 0 saturated carbocycles. The highest BCUT2D eigenvalue weighted by Gasteiger charge is 2.28. The molecule has 0 spiro atoms. The van der Waals surface area contributed by atoms with Gasteiger partial charge in [-0.2, -0.15) is 0 Å². The molecule has 1 atom stereocenters. The Morgan fingerprint density at radius 3 is 2.55 bits per heavy atom. The fourth-order valence-electron chi connectivity index (χ4n) is 3.64. The number of rotatable bonds is 6. The van der Waals surface area contributed by atoms with Gasteiger partial charge in [0.25, 0.3) is 0 Å². The van der Waals surface area contributed by atoms with Gasteiger partial charge >= 0.3 is 12.1 Å². The van der Waals surface area contributed by atoms with Crippen LogP contribution >= 0.6 is 0 Å². The van der Waals surface area contributed by atoms with E-state index in [0.29, 0.717) is 54.3 Å². The Hall–Kier alpha value is -3.63. The van der Waals surface area contributed by atoms with E-state index in [1.807, 2.05) is 4.90 Å². The van der Waals surface area contributed by atoms with E-state index in [4.69, 9.17) is 19.6 Å². The number of aliphatic hydroxyl groups excluding tert-OH is 1. The van der Waals surface area contributed by atoms with Crippen LogP contribution in [0.15, 0.2) is 40.8 Å². The molecule has 33 heavy (non-hydrogen) atoms. The maximum atomic E-state index is 13.5. The lowest BCUT2D eigenvalue weighted by atomic mass is 10.0. The summed E-state index contributed by atoms with van der Waals surface area (Å²) in [5, 5.41) is 10.0. The van der Waals surface area contributed by atoms with Crippen LogP contribution in [0.25, 0.3) is 22.3 Å². The molecule has 0 aliphatic carbocycles. The third-order valence-corrected chi connectivity index (χ3v) is 5.11. The van der Waals surface area contributed by atoms with Crippen LogP contribution in [-0.4, -0.2) is 56.2 Å². The number of hydrogen-bond donors (Lipinski definition) is 2. The van der Waals surface area contributed by atoms with Gasteiger partial charge in [-0.1, -0.05) is 0 Å². The van der Waals surface area contributed by atoms with Crippen LogP contribution in [0.5, 0.6) is 5.75 Å². The van der Waals surface area contributed by atoms with Crippen LogP contribution in [0, 0.1) is 5.82 Å². The smallest absolute Gasteiger partial charge is 0.412 e. The molecule has 1 aliphatic heterocycles. The Balaban J connectivity index is 1.90. The van der Waals surface area contributed by atoms with Crippen molar-refractivity contribution in [3.05, 3.63) is 47.8 Å². The van der Waals surface area contributed by atoms with E-state index < -0.39 is 24.0 Å². The summed E-state index contributed by atoms with van der Waals surface area (Å²) in [6.45, 7) is 3.89. The van der Waals surface area contributed by atoms with Gasteiger partial charge in [0.1, 0.15) is 35.1 Å². The van der Waals surface area contributed by atoms with E-state index in [1.165, 1.54) is 24.3 Å². The molecule has 1 saturated heterocycles. The van der Waals surface area contributed by atoms with Crippen molar-refractivity contribution in [3.63, 3.8) is 0 Å². The lowest BCUT2D eigenvalue weighted by Crippen LogP contribution is -2.36. The second-order valence-electron chi connectivity index (χ2n) is 7.60. The van der Waals surface area contributed by atoms with Crippen molar-refractivity contribution in [1.29, 1.82) is 0 Å². The first kappa shape index (κ1) is 22.6. The predicted molar refractivity (Wildman–Crippen MR) is 117 cm³/mol. The molecule has 3 N–H and O–H groups in total. The molecule has 0 bridgehead atoms. The first-order chi connectivity index (χ1) is 15.8. The van der Waals surface area contributed by atoms with E-state index in [-0.39, 0.29) is 17.9 Å². The van der Waals surface area contributed by atoms with Crippen LogP contribution in [0.2, 0.25) is 0 Å². The average Bonchev–Trinajstić information content (AvgIpc) is 3.16. The molecule has 9 nitrogen and oxygen atoms in total. The van der Waals surface area contributed by atoms with Crippen LogP contribution in [0.1, 0.15) is 17.3 Å². The molecule has 1 aromatic heterocycles. The summed E-state index contributed by atoms with van der Waals surface area (Å²) in [5.74, 6) is -0.970. The van der Waals surface area contributed by atoms with E-state index in [2.05, 4.69) is 4.74 Å². The van der Waals surface area contributed by atoms with Crippen molar-refractivity contribution in [2.24, 2.45) is 5.73 Å². The molecular formula is C23H23FN2O7. The number of nitrogens with zero attached hydrogens (tertiary/aromatic N) is 1. The monoisotopic (exact) mass is 458 g/mol. The topological polar surface area (TPSA) is 124 Å². The molecule has 1 fully saturated rings. The second kappa shape index (κ2) is 9.47. The summed E-state index contributed by atoms with van der Waals surface area (Å²) in [6, 6.07) is 8.65. The SMILES string of the molecule is CC(O)COc1cc2c(C(=O)OC(N)=O)c(-c3ccc(F)cc3)oc2cc1N1CCOCC1. The number of ether oxygens (including phenoxy) is 3. The van der Waals surface area contributed by atoms with Gasteiger partial charge in [0.2, 0.25) is 0 Å². The number of hydrogen-bond acceptors (Lipinski definition) is 8. The van der Waals surface area contributed by atoms with Crippen molar-refractivity contribution in [2.45, 2.75) is 13.0 Å². The third kappa shape index (κ3) is 4.91. The number of furan rings is 1. The summed E-state index contributed by atoms with van der Waals surface area (Å²) in [4.78, 5) is 26.1. The second-order valence-corrected chi connectivity index (χ2v) is 7.60. The molecule has 4 rings (SSSR count). The van der Waals surface area contributed by atoms with E-state index in [1.54, 1.807) is 19.1 Å². The minimum atomic E-state index is -1.27. The molecule has 1 amide bonds. The maximum absolute atomic E-state index is 13.5. The number of fused-ring (bicyclic) bond motifs is 1. The lowest BCUT2D eigenvalue weighted by molar-refractivity contribution is 0.0640. The Morgan fingerprint density at radius 2 is 1.91 bits per heavy atom. The van der Waals surface area contributed by atoms with Gasteiger partial charge in [0.05, 0.1) is 25.0 Å². The number of anilines is 1. The zero-order valence-electron chi connectivity index (χ0n) is 17.9. The van der Waals surface area contributed by atoms with Crippen molar-refractivity contribution < 1.29 is 37.7 Å². The average molecular weight is 458 g/mol. The number of primary amides is 1. The number of morpholine rings is 1. The maximum Gasteiger partial charge on any atom is 0.412 e. The Bertz CT molecular complexity index is 1170. The predicted octanol–water partition coefficient (Wildman–Crippen LogP) is 3.07. The first-order valence-corrected chi connectivity index (χ1v) is 10.3. The minimum Gasteiger partial charge on any atom is -0.489 e. The van der Waals surface area contributed by atoms with Crippen LogP contribution in [-0.2, 0) is 9.47 Å². The largest absolute Gasteiger partial charge is 0.489 e. The molecule has 10 heteroatoms. The highest BCUT2D eigenvalue weighted by Crippen LogP contribution is 2.41. The van der Waals surface area contributed by atoms with Crippen molar-refractivity contribution in [1.82, 2.24) is 0 Å². The number of esters is 1. The van der Waals surface area contributed by atoms with Gasteiger partial charge in [-0.3, -0.25) is 0 Å². The summed E-state index contributed by atoms with van der Waals surface area (Å²) in [5.41, 5.74) is 6.43. The number of carbonyl (C=O) groups is 2. The van der Waals surface area contributed by atoms with Crippen molar-refractivity contribution >= 4 is 28.7 Å². The summed E-state index contributed by atoms with van der Waals surface area (Å²) < 4.78 is 35.4. The summed E-state index contributed by atoms with van der Waals surface area (Å²) in [7, 11) is 0. The number of halogens is 1. The van der Waals surface area contributed by atoms with Gasteiger partial charge in [0.15, 0.2) is 0 Å². The van der Waals surface area contributed by atoms with Gasteiger partial charge in [-0.05, 0) is 37.3 Å². The first-order valence-electron chi connectivity index (χ1n) is 10.3. The number of benzene rings is 2. The normalized spacial score (nSPS) is 14.8. The fourth-order valence-corrected chi connectivity index (χ4v) is 3.64. The van der Waals surface area contributed by atoms with Gasteiger partial charge in [0, 0.05) is 30.1 Å². The van der Waals surface area contributed by atoms with E-state index >= 15 is 0 Å². The van der Waals surface area contributed by atoms with Gasteiger partial charge in [-0.25, -0.2) is 14.0 Å². The third-order valence-electron chi connectivity index (χ3n) is 5.11. The highest BCUT2D eigenvalue weighted by molar-refractivity contribution is 6.12. The summed E-state index contributed by atoms with van der Waals surface area (Å²) >= 11 is 0. The highest BCUT2D eigenvalue weighted by atomic mass is 19.1. The summed E-state index contributed by atoms with van der Waals surface area (Å²) in [6.07, 6.45) is -1.99. The Kier molecular flexibility index (Phi) is 6.47. The van der Waals surface area contributed by atoms with Gasteiger partial charge < -0.3 is 34.4 Å².